The fourth-order valence-electron chi connectivity index (χ4n) is 4.32. The second-order valence-corrected chi connectivity index (χ2v) is 7.65. The number of pyridine rings is 1. The summed E-state index contributed by atoms with van der Waals surface area (Å²) in [6.45, 7) is 0.847. The Morgan fingerprint density at radius 2 is 1.82 bits per heavy atom. The van der Waals surface area contributed by atoms with Gasteiger partial charge in [-0.05, 0) is 37.8 Å². The lowest BCUT2D eigenvalue weighted by Gasteiger charge is -2.35. The van der Waals surface area contributed by atoms with Crippen LogP contribution in [0, 0.1) is 0 Å². The first-order valence-corrected chi connectivity index (χ1v) is 9.89. The van der Waals surface area contributed by atoms with Crippen LogP contribution in [0.5, 0.6) is 0 Å². The number of urea groups is 1. The monoisotopic (exact) mass is 395 g/mol. The van der Waals surface area contributed by atoms with Gasteiger partial charge in [0.1, 0.15) is 5.52 Å². The maximum atomic E-state index is 13.5. The van der Waals surface area contributed by atoms with Crippen molar-refractivity contribution in [2.75, 3.05) is 13.1 Å². The van der Waals surface area contributed by atoms with Crippen LogP contribution in [-0.2, 0) is 6.18 Å². The van der Waals surface area contributed by atoms with Crippen LogP contribution in [0.25, 0.3) is 11.2 Å². The third kappa shape index (κ3) is 3.79. The number of likely N-dealkylation sites (tertiary alicyclic amines) is 1. The van der Waals surface area contributed by atoms with Gasteiger partial charge in [-0.2, -0.15) is 13.2 Å². The Hall–Kier alpha value is -2.32. The van der Waals surface area contributed by atoms with Crippen LogP contribution in [0.2, 0.25) is 0 Å². The minimum absolute atomic E-state index is 0.102. The molecule has 28 heavy (non-hydrogen) atoms. The van der Waals surface area contributed by atoms with Gasteiger partial charge >= 0.3 is 12.2 Å². The molecule has 0 aromatic carbocycles. The zero-order valence-corrected chi connectivity index (χ0v) is 15.6. The fourth-order valence-corrected chi connectivity index (χ4v) is 4.32. The molecule has 0 radical (unpaired) electrons. The van der Waals surface area contributed by atoms with Crippen LogP contribution < -0.4 is 5.32 Å². The standard InChI is InChI=1S/C19H24F3N5O/c20-19(21,22)17-25-15-7-4-10-23-16(15)27(17)14-8-11-26(12-9-14)18(28)24-13-5-2-1-3-6-13/h4,7,10,13-14H,1-3,5-6,8-9,11-12H2,(H,24,28). The molecule has 0 atom stereocenters. The summed E-state index contributed by atoms with van der Waals surface area (Å²) >= 11 is 0. The number of carbonyl (C=O) groups is 1. The molecule has 1 saturated carbocycles. The average molecular weight is 395 g/mol. The van der Waals surface area contributed by atoms with Crippen molar-refractivity contribution in [3.63, 3.8) is 0 Å². The van der Waals surface area contributed by atoms with E-state index in [4.69, 9.17) is 0 Å². The van der Waals surface area contributed by atoms with Crippen LogP contribution in [0.1, 0.15) is 56.8 Å². The lowest BCUT2D eigenvalue weighted by atomic mass is 9.95. The molecule has 2 aromatic rings. The van der Waals surface area contributed by atoms with E-state index in [1.165, 1.54) is 17.2 Å². The van der Waals surface area contributed by atoms with Crippen molar-refractivity contribution < 1.29 is 18.0 Å². The maximum absolute atomic E-state index is 13.5. The molecule has 9 heteroatoms. The molecular formula is C19H24F3N5O. The van der Waals surface area contributed by atoms with Crippen molar-refractivity contribution in [3.05, 3.63) is 24.2 Å². The van der Waals surface area contributed by atoms with Gasteiger partial charge in [0.05, 0.1) is 0 Å². The van der Waals surface area contributed by atoms with E-state index in [1.54, 1.807) is 17.0 Å². The van der Waals surface area contributed by atoms with E-state index >= 15 is 0 Å². The van der Waals surface area contributed by atoms with Crippen molar-refractivity contribution in [1.29, 1.82) is 0 Å². The normalized spacial score (nSPS) is 19.9. The van der Waals surface area contributed by atoms with Gasteiger partial charge in [0.2, 0.25) is 5.82 Å². The summed E-state index contributed by atoms with van der Waals surface area (Å²) < 4.78 is 41.8. The summed E-state index contributed by atoms with van der Waals surface area (Å²) in [6.07, 6.45) is 3.32. The first-order valence-electron chi connectivity index (χ1n) is 9.89. The molecule has 152 valence electrons. The zero-order chi connectivity index (χ0) is 19.7. The van der Waals surface area contributed by atoms with Gasteiger partial charge in [-0.15, -0.1) is 0 Å². The van der Waals surface area contributed by atoms with E-state index in [0.29, 0.717) is 25.9 Å². The summed E-state index contributed by atoms with van der Waals surface area (Å²) in [6, 6.07) is 2.86. The molecule has 1 aliphatic heterocycles. The predicted molar refractivity (Wildman–Crippen MR) is 97.8 cm³/mol. The third-order valence-corrected chi connectivity index (χ3v) is 5.75. The molecule has 2 aliphatic rings. The molecule has 1 saturated heterocycles. The van der Waals surface area contributed by atoms with Crippen LogP contribution in [0.4, 0.5) is 18.0 Å². The number of alkyl halides is 3. The number of rotatable bonds is 2. The predicted octanol–water partition coefficient (Wildman–Crippen LogP) is 4.13. The van der Waals surface area contributed by atoms with Gasteiger partial charge in [-0.25, -0.2) is 14.8 Å². The van der Waals surface area contributed by atoms with Gasteiger partial charge in [0, 0.05) is 31.4 Å². The van der Waals surface area contributed by atoms with E-state index in [0.717, 1.165) is 25.7 Å². The number of imidazole rings is 1. The van der Waals surface area contributed by atoms with Crippen LogP contribution in [-0.4, -0.2) is 44.6 Å². The first kappa shape index (κ1) is 19.0. The number of nitrogens with zero attached hydrogens (tertiary/aromatic N) is 4. The quantitative estimate of drug-likeness (QED) is 0.832. The number of fused-ring (bicyclic) bond motifs is 1. The topological polar surface area (TPSA) is 63.1 Å². The lowest BCUT2D eigenvalue weighted by Crippen LogP contribution is -2.48. The minimum Gasteiger partial charge on any atom is -0.335 e. The van der Waals surface area contributed by atoms with Gasteiger partial charge in [0.25, 0.3) is 0 Å². The molecule has 1 N–H and O–H groups in total. The third-order valence-electron chi connectivity index (χ3n) is 5.75. The summed E-state index contributed by atoms with van der Waals surface area (Å²) in [7, 11) is 0. The smallest absolute Gasteiger partial charge is 0.335 e. The Morgan fingerprint density at radius 1 is 1.11 bits per heavy atom. The molecule has 3 heterocycles. The number of hydrogen-bond donors (Lipinski definition) is 1. The largest absolute Gasteiger partial charge is 0.449 e. The molecule has 2 amide bonds. The maximum Gasteiger partial charge on any atom is 0.449 e. The summed E-state index contributed by atoms with van der Waals surface area (Å²) in [5.74, 6) is -0.911. The van der Waals surface area contributed by atoms with Crippen LogP contribution in [0.3, 0.4) is 0 Å². The number of aromatic nitrogens is 3. The average Bonchev–Trinajstić information content (AvgIpc) is 3.09. The minimum atomic E-state index is -4.55. The molecule has 6 nitrogen and oxygen atoms in total. The van der Waals surface area contributed by atoms with E-state index in [-0.39, 0.29) is 29.3 Å². The van der Waals surface area contributed by atoms with Gasteiger partial charge in [-0.3, -0.25) is 0 Å². The zero-order valence-electron chi connectivity index (χ0n) is 15.6. The molecule has 1 aliphatic carbocycles. The molecule has 4 rings (SSSR count). The SMILES string of the molecule is O=C(NC1CCCCC1)N1CCC(n2c(C(F)(F)F)nc3cccnc32)CC1. The summed E-state index contributed by atoms with van der Waals surface area (Å²) in [5, 5.41) is 3.08. The number of nitrogens with one attached hydrogen (secondary N) is 1. The number of carbonyl (C=O) groups excluding carboxylic acids is 1. The Labute approximate surface area is 161 Å². The van der Waals surface area contributed by atoms with E-state index in [2.05, 4.69) is 15.3 Å². The van der Waals surface area contributed by atoms with Crippen molar-refractivity contribution in [2.45, 2.75) is 63.2 Å². The summed E-state index contributed by atoms with van der Waals surface area (Å²) in [5.41, 5.74) is 0.493. The van der Waals surface area contributed by atoms with Gasteiger partial charge in [-0.1, -0.05) is 19.3 Å². The highest BCUT2D eigenvalue weighted by atomic mass is 19.4. The van der Waals surface area contributed by atoms with E-state index in [1.807, 2.05) is 0 Å². The number of hydrogen-bond acceptors (Lipinski definition) is 3. The number of amides is 2. The second-order valence-electron chi connectivity index (χ2n) is 7.65. The highest BCUT2D eigenvalue weighted by Gasteiger charge is 2.40. The van der Waals surface area contributed by atoms with Crippen molar-refractivity contribution in [2.24, 2.45) is 0 Å². The van der Waals surface area contributed by atoms with Crippen LogP contribution >= 0.6 is 0 Å². The molecule has 2 aromatic heterocycles. The molecular weight excluding hydrogens is 371 g/mol. The lowest BCUT2D eigenvalue weighted by molar-refractivity contribution is -0.147. The van der Waals surface area contributed by atoms with E-state index < -0.39 is 12.0 Å². The Bertz CT molecular complexity index is 836. The second kappa shape index (κ2) is 7.60. The highest BCUT2D eigenvalue weighted by molar-refractivity contribution is 5.75. The number of piperidine rings is 1. The first-order chi connectivity index (χ1) is 13.4. The van der Waals surface area contributed by atoms with Crippen molar-refractivity contribution >= 4 is 17.2 Å². The van der Waals surface area contributed by atoms with Crippen molar-refractivity contribution in [1.82, 2.24) is 24.8 Å². The molecule has 2 fully saturated rings. The van der Waals surface area contributed by atoms with Crippen molar-refractivity contribution in [3.8, 4) is 0 Å². The van der Waals surface area contributed by atoms with Gasteiger partial charge in [0.15, 0.2) is 5.65 Å². The Kier molecular flexibility index (Phi) is 5.16. The Balaban J connectivity index is 1.47. The highest BCUT2D eigenvalue weighted by Crippen LogP contribution is 2.36. The fraction of sp³-hybridized carbons (Fsp3) is 0.632. The Morgan fingerprint density at radius 3 is 2.50 bits per heavy atom. The molecule has 0 unspecified atom stereocenters. The van der Waals surface area contributed by atoms with E-state index in [9.17, 15) is 18.0 Å². The van der Waals surface area contributed by atoms with Gasteiger partial charge < -0.3 is 14.8 Å². The number of halogens is 3. The van der Waals surface area contributed by atoms with Crippen LogP contribution in [0.15, 0.2) is 18.3 Å². The summed E-state index contributed by atoms with van der Waals surface area (Å²) in [4.78, 5) is 22.1. The molecule has 0 bridgehead atoms. The molecule has 0 spiro atoms.